The van der Waals surface area contributed by atoms with Crippen molar-refractivity contribution >= 4 is 16.9 Å². The number of carboxylic acid groups (broad SMARTS) is 1. The first-order valence-corrected chi connectivity index (χ1v) is 19.0. The van der Waals surface area contributed by atoms with Gasteiger partial charge in [-0.1, -0.05) is 89.1 Å². The largest absolute Gasteiger partial charge is 0.481 e. The predicted molar refractivity (Wildman–Crippen MR) is 188 cm³/mol. The average molecular weight is 665 g/mol. The van der Waals surface area contributed by atoms with E-state index in [1.54, 1.807) is 10.6 Å². The first-order valence-electron chi connectivity index (χ1n) is 19.0. The number of fused-ring (bicyclic) bond motifs is 2. The molecule has 2 aromatic heterocycles. The van der Waals surface area contributed by atoms with E-state index in [0.29, 0.717) is 30.8 Å². The van der Waals surface area contributed by atoms with Gasteiger partial charge in [0.25, 0.3) is 5.56 Å². The van der Waals surface area contributed by atoms with Crippen LogP contribution in [0, 0.1) is 18.7 Å². The third kappa shape index (κ3) is 9.33. The molecule has 1 N–H and O–H groups in total. The van der Waals surface area contributed by atoms with Gasteiger partial charge < -0.3 is 14.5 Å². The van der Waals surface area contributed by atoms with E-state index in [1.807, 2.05) is 6.92 Å². The summed E-state index contributed by atoms with van der Waals surface area (Å²) in [5.41, 5.74) is 2.89. The third-order valence-electron chi connectivity index (χ3n) is 11.0. The van der Waals surface area contributed by atoms with Gasteiger partial charge in [0.05, 0.1) is 11.6 Å². The first kappa shape index (κ1) is 36.2. The molecule has 0 bridgehead atoms. The monoisotopic (exact) mass is 664 g/mol. The zero-order valence-electron chi connectivity index (χ0n) is 29.4. The molecule has 0 amide bonds. The van der Waals surface area contributed by atoms with Crippen molar-refractivity contribution in [1.82, 2.24) is 19.6 Å². The molecular weight excluding hydrogens is 607 g/mol. The van der Waals surface area contributed by atoms with Crippen LogP contribution in [-0.2, 0) is 17.8 Å². The molecule has 0 spiro atoms. The van der Waals surface area contributed by atoms with E-state index in [2.05, 4.69) is 17.0 Å². The van der Waals surface area contributed by atoms with Gasteiger partial charge in [-0.15, -0.1) is 0 Å². The summed E-state index contributed by atoms with van der Waals surface area (Å²) < 4.78 is 20.8. The Balaban J connectivity index is 1.10. The van der Waals surface area contributed by atoms with Crippen LogP contribution in [0.2, 0.25) is 0 Å². The Morgan fingerprint density at radius 2 is 1.65 bits per heavy atom. The van der Waals surface area contributed by atoms with Crippen molar-refractivity contribution in [3.63, 3.8) is 0 Å². The van der Waals surface area contributed by atoms with Crippen LogP contribution in [0.15, 0.2) is 27.5 Å². The maximum Gasteiger partial charge on any atom is 0.307 e. The van der Waals surface area contributed by atoms with Crippen LogP contribution >= 0.6 is 0 Å². The van der Waals surface area contributed by atoms with Crippen LogP contribution in [0.1, 0.15) is 151 Å². The summed E-state index contributed by atoms with van der Waals surface area (Å²) in [7, 11) is 0. The minimum atomic E-state index is -0.762. The molecule has 0 saturated carbocycles. The van der Waals surface area contributed by atoms with Gasteiger partial charge in [0.15, 0.2) is 5.58 Å². The maximum atomic E-state index is 13.8. The molecule has 3 aromatic rings. The quantitative estimate of drug-likeness (QED) is 0.128. The molecule has 264 valence electrons. The smallest absolute Gasteiger partial charge is 0.307 e. The summed E-state index contributed by atoms with van der Waals surface area (Å²) in [5.74, 6) is -0.859. The van der Waals surface area contributed by atoms with E-state index in [1.165, 1.54) is 76.3 Å². The number of halogens is 1. The van der Waals surface area contributed by atoms with Crippen LogP contribution < -0.4 is 5.56 Å². The zero-order valence-corrected chi connectivity index (χ0v) is 29.4. The number of unbranched alkanes of at least 4 members (excludes halogenated alkanes) is 11. The predicted octanol–water partition coefficient (Wildman–Crippen LogP) is 8.92. The lowest BCUT2D eigenvalue weighted by molar-refractivity contribution is -0.143. The fourth-order valence-electron chi connectivity index (χ4n) is 8.12. The number of aryl methyl sites for hydroxylation is 1. The van der Waals surface area contributed by atoms with Gasteiger partial charge in [-0.05, 0) is 70.7 Å². The number of likely N-dealkylation sites (tertiary alicyclic amines) is 1. The molecule has 5 rings (SSSR count). The Morgan fingerprint density at radius 1 is 0.979 bits per heavy atom. The van der Waals surface area contributed by atoms with Crippen molar-refractivity contribution < 1.29 is 18.8 Å². The van der Waals surface area contributed by atoms with Crippen molar-refractivity contribution in [1.29, 1.82) is 0 Å². The molecule has 2 unspecified atom stereocenters. The third-order valence-corrected chi connectivity index (χ3v) is 11.0. The first-order chi connectivity index (χ1) is 23.4. The summed E-state index contributed by atoms with van der Waals surface area (Å²) in [6, 6.07) is 4.60. The highest BCUT2D eigenvalue weighted by atomic mass is 19.1. The van der Waals surface area contributed by atoms with Crippen LogP contribution in [0.4, 0.5) is 4.39 Å². The molecule has 1 aromatic carbocycles. The average Bonchev–Trinajstić information content (AvgIpc) is 3.50. The van der Waals surface area contributed by atoms with Gasteiger partial charge in [-0.25, -0.2) is 9.37 Å². The molecule has 4 heterocycles. The van der Waals surface area contributed by atoms with Crippen LogP contribution in [0.3, 0.4) is 0 Å². The summed E-state index contributed by atoms with van der Waals surface area (Å²) in [4.78, 5) is 33.6. The molecule has 8 nitrogen and oxygen atoms in total. The Labute approximate surface area is 285 Å². The Morgan fingerprint density at radius 3 is 2.31 bits per heavy atom. The lowest BCUT2D eigenvalue weighted by atomic mass is 9.82. The highest BCUT2D eigenvalue weighted by Gasteiger charge is 2.35. The fraction of sp³-hybridized carbons (Fsp3) is 0.692. The minimum Gasteiger partial charge on any atom is -0.481 e. The van der Waals surface area contributed by atoms with Gasteiger partial charge in [0, 0.05) is 47.6 Å². The van der Waals surface area contributed by atoms with Gasteiger partial charge >= 0.3 is 5.97 Å². The molecular formula is C39H57FN4O4. The number of aliphatic carboxylic acids is 1. The molecule has 2 aliphatic rings. The molecule has 48 heavy (non-hydrogen) atoms. The Hall–Kier alpha value is -3.07. The number of benzene rings is 1. The van der Waals surface area contributed by atoms with Crippen molar-refractivity contribution in [2.45, 2.75) is 148 Å². The number of hydrogen-bond donors (Lipinski definition) is 1. The highest BCUT2D eigenvalue weighted by Crippen LogP contribution is 2.36. The Bertz CT molecular complexity index is 1530. The second kappa shape index (κ2) is 18.1. The summed E-state index contributed by atoms with van der Waals surface area (Å²) in [6.45, 7) is 7.33. The van der Waals surface area contributed by atoms with E-state index in [4.69, 9.17) is 9.51 Å². The Kier molecular flexibility index (Phi) is 13.6. The molecule has 0 aliphatic carbocycles. The van der Waals surface area contributed by atoms with Crippen molar-refractivity contribution in [2.24, 2.45) is 5.92 Å². The number of nitrogens with zero attached hydrogens (tertiary/aromatic N) is 4. The molecule has 1 fully saturated rings. The maximum absolute atomic E-state index is 13.8. The SMILES string of the molecule is CCCCCCCCCCCCCCC(C(=O)O)C1CCCn2c1nc(C)c(CCN1CCC(c3noc4cc(F)ccc34)CC1)c2=O. The van der Waals surface area contributed by atoms with Crippen molar-refractivity contribution in [2.75, 3.05) is 19.6 Å². The van der Waals surface area contributed by atoms with E-state index >= 15 is 0 Å². The van der Waals surface area contributed by atoms with E-state index in [0.717, 1.165) is 80.5 Å². The highest BCUT2D eigenvalue weighted by molar-refractivity contribution is 5.79. The second-order valence-electron chi connectivity index (χ2n) is 14.4. The van der Waals surface area contributed by atoms with Crippen molar-refractivity contribution in [3.05, 3.63) is 57.1 Å². The van der Waals surface area contributed by atoms with Gasteiger partial charge in [0.2, 0.25) is 0 Å². The summed E-state index contributed by atoms with van der Waals surface area (Å²) >= 11 is 0. The van der Waals surface area contributed by atoms with E-state index in [9.17, 15) is 19.1 Å². The lowest BCUT2D eigenvalue weighted by Gasteiger charge is -2.32. The standard InChI is InChI=1S/C39H57FN4O4/c1-3-4-5-6-7-8-9-10-11-12-13-14-16-33(39(46)47)32-17-15-23-44-37(32)41-28(2)31(38(44)45)22-26-43-24-20-29(21-25-43)36-34-19-18-30(40)27-35(34)48-42-36/h18-19,27,29,32-33H,3-17,20-26H2,1-2H3,(H,46,47). The van der Waals surface area contributed by atoms with Crippen molar-refractivity contribution in [3.8, 4) is 0 Å². The molecule has 2 atom stereocenters. The second-order valence-corrected chi connectivity index (χ2v) is 14.4. The van der Waals surface area contributed by atoms with Gasteiger partial charge in [0.1, 0.15) is 11.6 Å². The number of aromatic nitrogens is 3. The molecule has 0 radical (unpaired) electrons. The van der Waals surface area contributed by atoms with E-state index in [-0.39, 0.29) is 23.2 Å². The number of carboxylic acids is 1. The van der Waals surface area contributed by atoms with Gasteiger partial charge in [-0.3, -0.25) is 14.2 Å². The fourth-order valence-corrected chi connectivity index (χ4v) is 8.12. The van der Waals surface area contributed by atoms with Gasteiger partial charge in [-0.2, -0.15) is 0 Å². The zero-order chi connectivity index (χ0) is 33.9. The molecule has 2 aliphatic heterocycles. The summed E-state index contributed by atoms with van der Waals surface area (Å²) in [6.07, 6.45) is 19.8. The van der Waals surface area contributed by atoms with E-state index < -0.39 is 11.9 Å². The minimum absolute atomic E-state index is 0.00730. The number of piperidine rings is 1. The number of rotatable bonds is 19. The topological polar surface area (TPSA) is 101 Å². The number of hydrogen-bond acceptors (Lipinski definition) is 6. The normalized spacial score (nSPS) is 17.9. The molecule has 1 saturated heterocycles. The van der Waals surface area contributed by atoms with Crippen LogP contribution in [-0.4, -0.2) is 50.3 Å². The van der Waals surface area contributed by atoms with Crippen LogP contribution in [0.5, 0.6) is 0 Å². The van der Waals surface area contributed by atoms with Crippen LogP contribution in [0.25, 0.3) is 11.0 Å². The summed E-state index contributed by atoms with van der Waals surface area (Å²) in [5, 5.41) is 15.4. The number of carbonyl (C=O) groups is 1. The molecule has 9 heteroatoms. The lowest BCUT2D eigenvalue weighted by Crippen LogP contribution is -2.39.